The first-order chi connectivity index (χ1) is 5.79. The summed E-state index contributed by atoms with van der Waals surface area (Å²) in [4.78, 5) is 18.8. The second kappa shape index (κ2) is 2.44. The molecule has 1 aromatic heterocycles. The van der Waals surface area contributed by atoms with E-state index in [4.69, 9.17) is 5.73 Å². The summed E-state index contributed by atoms with van der Waals surface area (Å²) in [5.41, 5.74) is 6.27. The molecule has 1 amide bonds. The van der Waals surface area contributed by atoms with E-state index in [0.717, 1.165) is 5.69 Å². The van der Waals surface area contributed by atoms with Crippen LogP contribution < -0.4 is 5.73 Å². The van der Waals surface area contributed by atoms with E-state index in [-0.39, 0.29) is 0 Å². The average Bonchev–Trinajstić information content (AvgIpc) is 2.47. The number of hydrogen-bond donors (Lipinski definition) is 1. The summed E-state index contributed by atoms with van der Waals surface area (Å²) in [5, 5.41) is 0. The van der Waals surface area contributed by atoms with Gasteiger partial charge in [0.2, 0.25) is 0 Å². The molecule has 0 spiro atoms. The Morgan fingerprint density at radius 3 is 3.25 bits per heavy atom. The minimum absolute atomic E-state index is 0.340. The van der Waals surface area contributed by atoms with Gasteiger partial charge in [-0.3, -0.25) is 9.79 Å². The second-order valence-corrected chi connectivity index (χ2v) is 2.58. The molecule has 0 bridgehead atoms. The molecule has 0 unspecified atom stereocenters. The largest absolute Gasteiger partial charge is 0.364 e. The first kappa shape index (κ1) is 7.02. The molecule has 2 N–H and O–H groups in total. The molecule has 12 heavy (non-hydrogen) atoms. The minimum atomic E-state index is -0.485. The van der Waals surface area contributed by atoms with Crippen LogP contribution >= 0.6 is 0 Å². The number of nitrogens with zero attached hydrogens (tertiary/aromatic N) is 3. The summed E-state index contributed by atoms with van der Waals surface area (Å²) in [7, 11) is 0. The van der Waals surface area contributed by atoms with Crippen LogP contribution in [0.2, 0.25) is 0 Å². The number of amides is 1. The Morgan fingerprint density at radius 2 is 2.50 bits per heavy atom. The molecular formula is C7H8N4O. The molecular weight excluding hydrogens is 156 g/mol. The van der Waals surface area contributed by atoms with E-state index in [1.54, 1.807) is 12.5 Å². The fourth-order valence-electron chi connectivity index (χ4n) is 1.23. The van der Waals surface area contributed by atoms with Gasteiger partial charge in [0.25, 0.3) is 5.91 Å². The highest BCUT2D eigenvalue weighted by Gasteiger charge is 2.15. The Labute approximate surface area is 68.9 Å². The summed E-state index contributed by atoms with van der Waals surface area (Å²) in [5.74, 6) is -0.485. The van der Waals surface area contributed by atoms with Crippen molar-refractivity contribution in [3.05, 3.63) is 17.7 Å². The fraction of sp³-hybridized carbons (Fsp3) is 0.286. The van der Waals surface area contributed by atoms with E-state index in [1.807, 2.05) is 4.57 Å². The lowest BCUT2D eigenvalue weighted by atomic mass is 10.3. The van der Waals surface area contributed by atoms with Crippen molar-refractivity contribution in [1.29, 1.82) is 0 Å². The van der Waals surface area contributed by atoms with Crippen LogP contribution in [0.25, 0.3) is 0 Å². The van der Waals surface area contributed by atoms with Gasteiger partial charge in [-0.05, 0) is 0 Å². The Balaban J connectivity index is 2.48. The molecule has 2 rings (SSSR count). The quantitative estimate of drug-likeness (QED) is 0.611. The SMILES string of the molecule is NC(=O)c1ncn2c1CN=CC2. The molecule has 0 aromatic carbocycles. The van der Waals surface area contributed by atoms with Gasteiger partial charge in [0.05, 0.1) is 25.1 Å². The van der Waals surface area contributed by atoms with Crippen LogP contribution in [0.5, 0.6) is 0 Å². The molecule has 0 saturated carbocycles. The number of hydrogen-bond acceptors (Lipinski definition) is 3. The van der Waals surface area contributed by atoms with Gasteiger partial charge >= 0.3 is 0 Å². The van der Waals surface area contributed by atoms with E-state index in [9.17, 15) is 4.79 Å². The number of aromatic nitrogens is 2. The van der Waals surface area contributed by atoms with Crippen LogP contribution in [0.15, 0.2) is 11.3 Å². The molecule has 2 heterocycles. The number of rotatable bonds is 1. The van der Waals surface area contributed by atoms with E-state index in [2.05, 4.69) is 9.98 Å². The molecule has 1 aromatic rings. The predicted octanol–water partition coefficient (Wildman–Crippen LogP) is -0.434. The van der Waals surface area contributed by atoms with Gasteiger partial charge in [-0.25, -0.2) is 4.98 Å². The van der Waals surface area contributed by atoms with E-state index in [0.29, 0.717) is 18.8 Å². The van der Waals surface area contributed by atoms with Crippen molar-refractivity contribution in [1.82, 2.24) is 9.55 Å². The maximum absolute atomic E-state index is 10.8. The van der Waals surface area contributed by atoms with Gasteiger partial charge in [0, 0.05) is 6.21 Å². The van der Waals surface area contributed by atoms with Crippen molar-refractivity contribution in [2.45, 2.75) is 13.1 Å². The number of aliphatic imine (C=N–C) groups is 1. The average molecular weight is 164 g/mol. The topological polar surface area (TPSA) is 73.3 Å². The lowest BCUT2D eigenvalue weighted by Crippen LogP contribution is -2.16. The summed E-state index contributed by atoms with van der Waals surface area (Å²) in [6, 6.07) is 0. The van der Waals surface area contributed by atoms with Crippen LogP contribution in [0, 0.1) is 0 Å². The third kappa shape index (κ3) is 0.903. The zero-order valence-corrected chi connectivity index (χ0v) is 6.40. The van der Waals surface area contributed by atoms with Crippen molar-refractivity contribution in [2.24, 2.45) is 10.7 Å². The maximum Gasteiger partial charge on any atom is 0.269 e. The van der Waals surface area contributed by atoms with Crippen LogP contribution in [-0.4, -0.2) is 21.7 Å². The molecule has 0 radical (unpaired) electrons. The lowest BCUT2D eigenvalue weighted by Gasteiger charge is -2.07. The molecule has 5 heteroatoms. The van der Waals surface area contributed by atoms with Crippen molar-refractivity contribution in [3.8, 4) is 0 Å². The smallest absolute Gasteiger partial charge is 0.269 e. The lowest BCUT2D eigenvalue weighted by molar-refractivity contribution is 0.0995. The number of fused-ring (bicyclic) bond motifs is 1. The zero-order valence-electron chi connectivity index (χ0n) is 6.40. The number of primary amides is 1. The normalized spacial score (nSPS) is 14.3. The summed E-state index contributed by atoms with van der Waals surface area (Å²) >= 11 is 0. The molecule has 62 valence electrons. The Morgan fingerprint density at radius 1 is 1.67 bits per heavy atom. The molecule has 1 aliphatic heterocycles. The molecule has 0 aliphatic carbocycles. The van der Waals surface area contributed by atoms with E-state index in [1.165, 1.54) is 0 Å². The molecule has 5 nitrogen and oxygen atoms in total. The van der Waals surface area contributed by atoms with Crippen molar-refractivity contribution >= 4 is 12.1 Å². The van der Waals surface area contributed by atoms with Crippen molar-refractivity contribution in [3.63, 3.8) is 0 Å². The van der Waals surface area contributed by atoms with Crippen LogP contribution in [0.3, 0.4) is 0 Å². The highest BCUT2D eigenvalue weighted by Crippen LogP contribution is 2.10. The minimum Gasteiger partial charge on any atom is -0.364 e. The maximum atomic E-state index is 10.8. The number of carbonyl (C=O) groups excluding carboxylic acids is 1. The molecule has 0 saturated heterocycles. The third-order valence-corrected chi connectivity index (χ3v) is 1.83. The van der Waals surface area contributed by atoms with Gasteiger partial charge in [0.1, 0.15) is 0 Å². The predicted molar refractivity (Wildman–Crippen MR) is 42.9 cm³/mol. The zero-order chi connectivity index (χ0) is 8.55. The summed E-state index contributed by atoms with van der Waals surface area (Å²) in [6.45, 7) is 1.17. The Hall–Kier alpha value is -1.65. The van der Waals surface area contributed by atoms with Gasteiger partial charge < -0.3 is 10.3 Å². The number of carbonyl (C=O) groups is 1. The first-order valence-electron chi connectivity index (χ1n) is 3.61. The first-order valence-corrected chi connectivity index (χ1v) is 3.61. The highest BCUT2D eigenvalue weighted by atomic mass is 16.1. The van der Waals surface area contributed by atoms with Gasteiger partial charge in [-0.15, -0.1) is 0 Å². The number of imidazole rings is 1. The van der Waals surface area contributed by atoms with E-state index >= 15 is 0 Å². The molecule has 0 atom stereocenters. The molecule has 1 aliphatic rings. The summed E-state index contributed by atoms with van der Waals surface area (Å²) in [6.07, 6.45) is 3.40. The van der Waals surface area contributed by atoms with Crippen LogP contribution in [0.4, 0.5) is 0 Å². The highest BCUT2D eigenvalue weighted by molar-refractivity contribution is 5.92. The fourth-order valence-corrected chi connectivity index (χ4v) is 1.23. The van der Waals surface area contributed by atoms with Gasteiger partial charge in [-0.1, -0.05) is 0 Å². The van der Waals surface area contributed by atoms with Crippen LogP contribution in [-0.2, 0) is 13.1 Å². The second-order valence-electron chi connectivity index (χ2n) is 2.58. The standard InChI is InChI=1S/C7H8N4O/c8-7(12)6-5-3-9-1-2-11(5)4-10-6/h1,4H,2-3H2,(H2,8,12). The van der Waals surface area contributed by atoms with Crippen molar-refractivity contribution < 1.29 is 4.79 Å². The Bertz CT molecular complexity index is 352. The van der Waals surface area contributed by atoms with E-state index < -0.39 is 5.91 Å². The molecule has 0 fully saturated rings. The monoisotopic (exact) mass is 164 g/mol. The Kier molecular flexibility index (Phi) is 1.43. The summed E-state index contributed by atoms with van der Waals surface area (Å²) < 4.78 is 1.87. The van der Waals surface area contributed by atoms with Gasteiger partial charge in [0.15, 0.2) is 5.69 Å². The van der Waals surface area contributed by atoms with Crippen molar-refractivity contribution in [2.75, 3.05) is 0 Å². The third-order valence-electron chi connectivity index (χ3n) is 1.83. The number of nitrogens with two attached hydrogens (primary N) is 1. The van der Waals surface area contributed by atoms with Gasteiger partial charge in [-0.2, -0.15) is 0 Å². The van der Waals surface area contributed by atoms with Crippen LogP contribution in [0.1, 0.15) is 16.2 Å².